The third-order valence-corrected chi connectivity index (χ3v) is 5.35. The molecule has 0 atom stereocenters. The Morgan fingerprint density at radius 2 is 2.11 bits per heavy atom. The molecule has 6 nitrogen and oxygen atoms in total. The molecule has 0 bridgehead atoms. The number of carbonyl (C=O) groups is 1. The van der Waals surface area contributed by atoms with E-state index in [4.69, 9.17) is 4.74 Å². The largest absolute Gasteiger partial charge is 0.460 e. The van der Waals surface area contributed by atoms with Crippen LogP contribution in [0.5, 0.6) is 0 Å². The van der Waals surface area contributed by atoms with E-state index in [0.717, 1.165) is 32.8 Å². The van der Waals surface area contributed by atoms with Gasteiger partial charge in [-0.15, -0.1) is 0 Å². The molecule has 3 heterocycles. The lowest BCUT2D eigenvalue weighted by molar-refractivity contribution is 0.0506. The molecule has 0 saturated heterocycles. The minimum absolute atomic E-state index is 0.312. The Morgan fingerprint density at radius 1 is 1.26 bits per heavy atom. The van der Waals surface area contributed by atoms with Crippen molar-refractivity contribution in [2.24, 2.45) is 0 Å². The van der Waals surface area contributed by atoms with E-state index in [2.05, 4.69) is 36.9 Å². The van der Waals surface area contributed by atoms with Gasteiger partial charge in [0.2, 0.25) is 5.82 Å². The lowest BCUT2D eigenvalue weighted by Gasteiger charge is -2.23. The number of aromatic nitrogens is 3. The first-order valence-electron chi connectivity index (χ1n) is 8.78. The molecule has 0 spiro atoms. The number of hydrogen-bond acceptors (Lipinski definition) is 5. The van der Waals surface area contributed by atoms with Crippen LogP contribution in [0.4, 0.5) is 5.82 Å². The number of halogens is 1. The van der Waals surface area contributed by atoms with Gasteiger partial charge < -0.3 is 9.64 Å². The summed E-state index contributed by atoms with van der Waals surface area (Å²) in [7, 11) is 0. The number of nitrogens with zero attached hydrogens (tertiary/aromatic N) is 4. The molecule has 1 aliphatic heterocycles. The van der Waals surface area contributed by atoms with Gasteiger partial charge >= 0.3 is 5.97 Å². The molecule has 2 aromatic heterocycles. The van der Waals surface area contributed by atoms with Crippen LogP contribution >= 0.6 is 15.9 Å². The fraction of sp³-hybridized carbons (Fsp3) is 0.250. The molecule has 7 heteroatoms. The zero-order valence-corrected chi connectivity index (χ0v) is 16.7. The number of pyridine rings is 1. The summed E-state index contributed by atoms with van der Waals surface area (Å²) in [5.74, 6) is 0.748. The van der Waals surface area contributed by atoms with Crippen molar-refractivity contribution in [3.63, 3.8) is 0 Å². The fourth-order valence-corrected chi connectivity index (χ4v) is 3.94. The van der Waals surface area contributed by atoms with Gasteiger partial charge in [0.25, 0.3) is 0 Å². The highest BCUT2D eigenvalue weighted by Gasteiger charge is 2.29. The third-order valence-electron chi connectivity index (χ3n) is 4.61. The van der Waals surface area contributed by atoms with Gasteiger partial charge in [0.15, 0.2) is 0 Å². The Labute approximate surface area is 165 Å². The molecular weight excluding hydrogens is 408 g/mol. The van der Waals surface area contributed by atoms with Crippen molar-refractivity contribution in [1.29, 1.82) is 0 Å². The first-order valence-corrected chi connectivity index (χ1v) is 9.57. The number of esters is 1. The second kappa shape index (κ2) is 7.15. The summed E-state index contributed by atoms with van der Waals surface area (Å²) in [6.07, 6.45) is 1.77. The van der Waals surface area contributed by atoms with E-state index in [0.29, 0.717) is 25.6 Å². The Hall–Kier alpha value is -2.67. The predicted molar refractivity (Wildman–Crippen MR) is 106 cm³/mol. The minimum atomic E-state index is -0.411. The lowest BCUT2D eigenvalue weighted by atomic mass is 10.0. The van der Waals surface area contributed by atoms with Crippen LogP contribution in [0.25, 0.3) is 11.3 Å². The molecule has 0 amide bonds. The van der Waals surface area contributed by atoms with Gasteiger partial charge in [-0.2, -0.15) is 0 Å². The number of anilines is 1. The fourth-order valence-electron chi connectivity index (χ4n) is 3.45. The zero-order chi connectivity index (χ0) is 19.0. The minimum Gasteiger partial charge on any atom is -0.460 e. The van der Waals surface area contributed by atoms with Gasteiger partial charge in [-0.1, -0.05) is 34.1 Å². The Kier molecular flexibility index (Phi) is 4.70. The number of benzene rings is 1. The first kappa shape index (κ1) is 17.7. The molecule has 3 aromatic rings. The average molecular weight is 427 g/mol. The standard InChI is InChI=1S/C20H19BrN4O2/c1-3-27-20(26)19-23-13(2)18-14-7-6-8-16(21)15(14)11-24(12-25(18)19)17-9-4-5-10-22-17/h4-10H,3,11-12H2,1-2H3. The summed E-state index contributed by atoms with van der Waals surface area (Å²) in [5, 5.41) is 0. The van der Waals surface area contributed by atoms with Crippen molar-refractivity contribution >= 4 is 27.7 Å². The van der Waals surface area contributed by atoms with Crippen molar-refractivity contribution in [1.82, 2.24) is 14.5 Å². The van der Waals surface area contributed by atoms with Crippen LogP contribution in [0, 0.1) is 6.92 Å². The highest BCUT2D eigenvalue weighted by Crippen LogP contribution is 2.37. The van der Waals surface area contributed by atoms with E-state index in [1.54, 1.807) is 13.1 Å². The SMILES string of the molecule is CCOC(=O)c1nc(C)c2n1CN(c1ccccn1)Cc1c(Br)cccc1-2. The summed E-state index contributed by atoms with van der Waals surface area (Å²) >= 11 is 3.69. The Morgan fingerprint density at radius 3 is 2.85 bits per heavy atom. The van der Waals surface area contributed by atoms with Gasteiger partial charge in [-0.05, 0) is 37.6 Å². The van der Waals surface area contributed by atoms with E-state index >= 15 is 0 Å². The van der Waals surface area contributed by atoms with Crippen LogP contribution in [-0.4, -0.2) is 27.1 Å². The summed E-state index contributed by atoms with van der Waals surface area (Å²) in [4.78, 5) is 23.7. The molecule has 0 fully saturated rings. The van der Waals surface area contributed by atoms with Crippen LogP contribution in [0.3, 0.4) is 0 Å². The molecule has 27 heavy (non-hydrogen) atoms. The van der Waals surface area contributed by atoms with E-state index < -0.39 is 5.97 Å². The smallest absolute Gasteiger partial charge is 0.374 e. The molecule has 0 saturated carbocycles. The maximum absolute atomic E-state index is 12.5. The molecule has 4 rings (SSSR count). The molecule has 0 N–H and O–H groups in total. The highest BCUT2D eigenvalue weighted by atomic mass is 79.9. The predicted octanol–water partition coefficient (Wildman–Crippen LogP) is 4.17. The zero-order valence-electron chi connectivity index (χ0n) is 15.1. The maximum Gasteiger partial charge on any atom is 0.374 e. The number of rotatable bonds is 3. The number of fused-ring (bicyclic) bond motifs is 3. The molecule has 138 valence electrons. The molecule has 0 unspecified atom stereocenters. The number of imidazole rings is 1. The van der Waals surface area contributed by atoms with Crippen LogP contribution < -0.4 is 4.90 Å². The summed E-state index contributed by atoms with van der Waals surface area (Å²) < 4.78 is 8.19. The van der Waals surface area contributed by atoms with Gasteiger partial charge in [-0.3, -0.25) is 4.57 Å². The van der Waals surface area contributed by atoms with Crippen molar-refractivity contribution in [3.8, 4) is 11.3 Å². The van der Waals surface area contributed by atoms with Crippen LogP contribution in [-0.2, 0) is 18.0 Å². The number of carbonyl (C=O) groups excluding carboxylic acids is 1. The van der Waals surface area contributed by atoms with E-state index in [-0.39, 0.29) is 0 Å². The van der Waals surface area contributed by atoms with E-state index in [1.807, 2.05) is 41.8 Å². The summed E-state index contributed by atoms with van der Waals surface area (Å²) in [6, 6.07) is 11.9. The normalized spacial score (nSPS) is 12.9. The molecule has 0 aliphatic carbocycles. The molecule has 0 radical (unpaired) electrons. The second-order valence-corrected chi connectivity index (χ2v) is 7.17. The quantitative estimate of drug-likeness (QED) is 0.588. The lowest BCUT2D eigenvalue weighted by Crippen LogP contribution is -2.27. The average Bonchev–Trinajstić information content (AvgIpc) is 2.88. The highest BCUT2D eigenvalue weighted by molar-refractivity contribution is 9.10. The van der Waals surface area contributed by atoms with E-state index in [9.17, 15) is 4.79 Å². The maximum atomic E-state index is 12.5. The molecule has 1 aliphatic rings. The van der Waals surface area contributed by atoms with E-state index in [1.165, 1.54) is 0 Å². The molecule has 1 aromatic carbocycles. The number of hydrogen-bond donors (Lipinski definition) is 0. The topological polar surface area (TPSA) is 60.2 Å². The Bertz CT molecular complexity index is 1000. The van der Waals surface area contributed by atoms with Gasteiger partial charge in [0.1, 0.15) is 5.82 Å². The van der Waals surface area contributed by atoms with Crippen molar-refractivity contribution in [2.45, 2.75) is 27.1 Å². The van der Waals surface area contributed by atoms with Crippen LogP contribution in [0.15, 0.2) is 47.1 Å². The third kappa shape index (κ3) is 3.12. The van der Waals surface area contributed by atoms with Gasteiger partial charge in [0.05, 0.1) is 24.7 Å². The second-order valence-electron chi connectivity index (χ2n) is 6.31. The van der Waals surface area contributed by atoms with Crippen LogP contribution in [0.1, 0.15) is 28.8 Å². The summed E-state index contributed by atoms with van der Waals surface area (Å²) in [6.45, 7) is 5.16. The van der Waals surface area contributed by atoms with Gasteiger partial charge in [-0.25, -0.2) is 14.8 Å². The van der Waals surface area contributed by atoms with Crippen molar-refractivity contribution in [2.75, 3.05) is 11.5 Å². The number of ether oxygens (including phenoxy) is 1. The molecular formula is C20H19BrN4O2. The monoisotopic (exact) mass is 426 g/mol. The van der Waals surface area contributed by atoms with Crippen molar-refractivity contribution in [3.05, 3.63) is 64.1 Å². The van der Waals surface area contributed by atoms with Crippen molar-refractivity contribution < 1.29 is 9.53 Å². The number of aryl methyl sites for hydroxylation is 1. The first-order chi connectivity index (χ1) is 13.1. The Balaban J connectivity index is 1.94. The van der Waals surface area contributed by atoms with Crippen LogP contribution in [0.2, 0.25) is 0 Å². The van der Waals surface area contributed by atoms with Gasteiger partial charge in [0, 0.05) is 22.8 Å². The summed E-state index contributed by atoms with van der Waals surface area (Å²) in [5.41, 5.74) is 3.94.